The minimum Gasteiger partial charge on any atom is -0.393 e. The Kier molecular flexibility index (Phi) is 7.95. The molecule has 2 unspecified atom stereocenters. The summed E-state index contributed by atoms with van der Waals surface area (Å²) in [5.41, 5.74) is -0.245. The van der Waals surface area contributed by atoms with Crippen LogP contribution in [0.5, 0.6) is 0 Å². The highest BCUT2D eigenvalue weighted by Crippen LogP contribution is 2.15. The summed E-state index contributed by atoms with van der Waals surface area (Å²) >= 11 is 0. The quantitative estimate of drug-likeness (QED) is 0.621. The molecule has 0 aromatic rings. The van der Waals surface area contributed by atoms with Crippen molar-refractivity contribution in [1.29, 1.82) is 0 Å². The molecule has 3 N–H and O–H groups in total. The van der Waals surface area contributed by atoms with Gasteiger partial charge in [-0.3, -0.25) is 0 Å². The lowest BCUT2D eigenvalue weighted by molar-refractivity contribution is 0.00950. The van der Waals surface area contributed by atoms with Crippen LogP contribution in [0.2, 0.25) is 0 Å². The number of carbonyl (C=O) groups excluding carboxylic acids is 1. The minimum atomic E-state index is -0.338. The van der Waals surface area contributed by atoms with Gasteiger partial charge in [-0.2, -0.15) is 0 Å². The van der Waals surface area contributed by atoms with Gasteiger partial charge in [0.05, 0.1) is 11.7 Å². The van der Waals surface area contributed by atoms with Crippen LogP contribution in [-0.2, 0) is 4.74 Å². The molecule has 0 fully saturated rings. The van der Waals surface area contributed by atoms with E-state index in [9.17, 15) is 9.90 Å². The number of aliphatic hydroxyl groups is 1. The second-order valence-electron chi connectivity index (χ2n) is 5.32. The van der Waals surface area contributed by atoms with Crippen molar-refractivity contribution >= 4 is 6.03 Å². The van der Waals surface area contributed by atoms with Crippen LogP contribution in [0.15, 0.2) is 0 Å². The Bertz CT molecular complexity index is 244. The number of rotatable bonds is 8. The monoisotopic (exact) mass is 260 g/mol. The van der Waals surface area contributed by atoms with E-state index in [4.69, 9.17) is 4.74 Å². The van der Waals surface area contributed by atoms with Crippen molar-refractivity contribution in [3.05, 3.63) is 0 Å². The van der Waals surface area contributed by atoms with Crippen LogP contribution in [0.25, 0.3) is 0 Å². The highest BCUT2D eigenvalue weighted by atomic mass is 16.5. The average Bonchev–Trinajstić information content (AvgIpc) is 2.27. The van der Waals surface area contributed by atoms with E-state index in [1.54, 1.807) is 7.11 Å². The second-order valence-corrected chi connectivity index (χ2v) is 5.32. The number of methoxy groups -OCH3 is 1. The van der Waals surface area contributed by atoms with Gasteiger partial charge in [0.15, 0.2) is 0 Å². The molecule has 5 nitrogen and oxygen atoms in total. The van der Waals surface area contributed by atoms with Gasteiger partial charge in [0, 0.05) is 19.7 Å². The number of hydrogen-bond donors (Lipinski definition) is 3. The SMILES string of the molecule is CCC(O)CCNC(=O)NC(C)CC(C)(C)OC. The van der Waals surface area contributed by atoms with Crippen molar-refractivity contribution in [2.24, 2.45) is 0 Å². The first-order chi connectivity index (χ1) is 8.30. The summed E-state index contributed by atoms with van der Waals surface area (Å²) in [5.74, 6) is 0. The predicted molar refractivity (Wildman–Crippen MR) is 72.6 cm³/mol. The van der Waals surface area contributed by atoms with Gasteiger partial charge in [-0.15, -0.1) is 0 Å². The molecule has 0 aliphatic carbocycles. The van der Waals surface area contributed by atoms with E-state index in [0.29, 0.717) is 19.4 Å². The standard InChI is InChI=1S/C13H28N2O3/c1-6-11(16)7-8-14-12(17)15-10(2)9-13(3,4)18-5/h10-11,16H,6-9H2,1-5H3,(H2,14,15,17). The zero-order valence-corrected chi connectivity index (χ0v) is 12.2. The van der Waals surface area contributed by atoms with Crippen molar-refractivity contribution < 1.29 is 14.6 Å². The first kappa shape index (κ1) is 17.2. The Hall–Kier alpha value is -0.810. The Morgan fingerprint density at radius 2 is 2.06 bits per heavy atom. The fourth-order valence-corrected chi connectivity index (χ4v) is 1.70. The molecule has 0 radical (unpaired) electrons. The molecule has 0 saturated heterocycles. The molecule has 0 aromatic heterocycles. The molecular weight excluding hydrogens is 232 g/mol. The number of aliphatic hydroxyl groups excluding tert-OH is 1. The van der Waals surface area contributed by atoms with Gasteiger partial charge in [-0.1, -0.05) is 6.92 Å². The Labute approximate surface area is 110 Å². The Morgan fingerprint density at radius 3 is 2.56 bits per heavy atom. The number of amides is 2. The summed E-state index contributed by atoms with van der Waals surface area (Å²) < 4.78 is 5.31. The molecule has 0 aliphatic rings. The summed E-state index contributed by atoms with van der Waals surface area (Å²) in [6.45, 7) is 8.32. The van der Waals surface area contributed by atoms with Crippen LogP contribution in [0.4, 0.5) is 4.79 Å². The number of hydrogen-bond acceptors (Lipinski definition) is 3. The second kappa shape index (κ2) is 8.32. The molecule has 108 valence electrons. The van der Waals surface area contributed by atoms with Crippen LogP contribution in [0, 0.1) is 0 Å². The Balaban J connectivity index is 3.81. The maximum atomic E-state index is 11.6. The molecule has 2 amide bonds. The summed E-state index contributed by atoms with van der Waals surface area (Å²) in [7, 11) is 1.67. The Morgan fingerprint density at radius 1 is 1.44 bits per heavy atom. The fourth-order valence-electron chi connectivity index (χ4n) is 1.70. The first-order valence-electron chi connectivity index (χ1n) is 6.58. The fraction of sp³-hybridized carbons (Fsp3) is 0.923. The van der Waals surface area contributed by atoms with Crippen LogP contribution in [-0.4, -0.2) is 42.5 Å². The summed E-state index contributed by atoms with van der Waals surface area (Å²) in [6, 6.07) is -0.159. The predicted octanol–water partition coefficient (Wildman–Crippen LogP) is 1.65. The molecule has 0 saturated carbocycles. The van der Waals surface area contributed by atoms with Crippen molar-refractivity contribution in [1.82, 2.24) is 10.6 Å². The normalized spacial score (nSPS) is 15.0. The number of ether oxygens (including phenoxy) is 1. The molecule has 0 rings (SSSR count). The molecule has 0 aliphatic heterocycles. The zero-order valence-electron chi connectivity index (χ0n) is 12.2. The number of nitrogens with one attached hydrogen (secondary N) is 2. The van der Waals surface area contributed by atoms with Crippen molar-refractivity contribution in [2.45, 2.75) is 64.7 Å². The van der Waals surface area contributed by atoms with Crippen molar-refractivity contribution in [3.63, 3.8) is 0 Å². The first-order valence-corrected chi connectivity index (χ1v) is 6.58. The van der Waals surface area contributed by atoms with Gasteiger partial charge in [-0.05, 0) is 40.0 Å². The smallest absolute Gasteiger partial charge is 0.314 e. The van der Waals surface area contributed by atoms with E-state index in [0.717, 1.165) is 6.42 Å². The number of carbonyl (C=O) groups is 1. The van der Waals surface area contributed by atoms with Gasteiger partial charge in [0.1, 0.15) is 0 Å². The van der Waals surface area contributed by atoms with Crippen molar-refractivity contribution in [3.8, 4) is 0 Å². The van der Waals surface area contributed by atoms with E-state index in [-0.39, 0.29) is 23.8 Å². The van der Waals surface area contributed by atoms with Gasteiger partial charge >= 0.3 is 6.03 Å². The largest absolute Gasteiger partial charge is 0.393 e. The van der Waals surface area contributed by atoms with Crippen LogP contribution in [0.1, 0.15) is 47.0 Å². The third kappa shape index (κ3) is 8.31. The summed E-state index contributed by atoms with van der Waals surface area (Å²) in [4.78, 5) is 11.6. The molecule has 5 heteroatoms. The molecule has 0 spiro atoms. The molecule has 0 heterocycles. The third-order valence-corrected chi connectivity index (χ3v) is 2.96. The molecule has 18 heavy (non-hydrogen) atoms. The van der Waals surface area contributed by atoms with E-state index >= 15 is 0 Å². The van der Waals surface area contributed by atoms with E-state index in [1.807, 2.05) is 27.7 Å². The average molecular weight is 260 g/mol. The lowest BCUT2D eigenvalue weighted by Crippen LogP contribution is -2.44. The van der Waals surface area contributed by atoms with Gasteiger partial charge < -0.3 is 20.5 Å². The van der Waals surface area contributed by atoms with Crippen LogP contribution >= 0.6 is 0 Å². The molecule has 0 aromatic carbocycles. The van der Waals surface area contributed by atoms with Crippen molar-refractivity contribution in [2.75, 3.05) is 13.7 Å². The van der Waals surface area contributed by atoms with Crippen LogP contribution < -0.4 is 10.6 Å². The topological polar surface area (TPSA) is 70.6 Å². The molecule has 2 atom stereocenters. The maximum Gasteiger partial charge on any atom is 0.314 e. The van der Waals surface area contributed by atoms with E-state index < -0.39 is 0 Å². The van der Waals surface area contributed by atoms with Crippen LogP contribution in [0.3, 0.4) is 0 Å². The van der Waals surface area contributed by atoms with E-state index in [1.165, 1.54) is 0 Å². The third-order valence-electron chi connectivity index (χ3n) is 2.96. The van der Waals surface area contributed by atoms with Gasteiger partial charge in [-0.25, -0.2) is 4.79 Å². The van der Waals surface area contributed by atoms with Gasteiger partial charge in [0.25, 0.3) is 0 Å². The summed E-state index contributed by atoms with van der Waals surface area (Å²) in [5, 5.41) is 14.9. The highest BCUT2D eigenvalue weighted by molar-refractivity contribution is 5.74. The van der Waals surface area contributed by atoms with E-state index in [2.05, 4.69) is 10.6 Å². The minimum absolute atomic E-state index is 0.0380. The lowest BCUT2D eigenvalue weighted by Gasteiger charge is -2.27. The lowest BCUT2D eigenvalue weighted by atomic mass is 10.00. The highest BCUT2D eigenvalue weighted by Gasteiger charge is 2.21. The molecular formula is C13H28N2O3. The molecule has 0 bridgehead atoms. The maximum absolute atomic E-state index is 11.6. The number of urea groups is 1. The van der Waals surface area contributed by atoms with Gasteiger partial charge in [0.2, 0.25) is 0 Å². The zero-order chi connectivity index (χ0) is 14.2. The summed E-state index contributed by atoms with van der Waals surface area (Å²) in [6.07, 6.45) is 1.70.